The van der Waals surface area contributed by atoms with Crippen LogP contribution in [0.25, 0.3) is 88.0 Å². The molecule has 11 aromatic rings. The molecule has 0 aliphatic rings. The zero-order valence-electron chi connectivity index (χ0n) is 31.7. The largest absolute Gasteiger partial charge is 0.456 e. The van der Waals surface area contributed by atoms with Crippen molar-refractivity contribution in [3.8, 4) is 44.5 Å². The van der Waals surface area contributed by atoms with Gasteiger partial charge in [-0.2, -0.15) is 0 Å². The van der Waals surface area contributed by atoms with Crippen LogP contribution in [0.2, 0.25) is 0 Å². The lowest BCUT2D eigenvalue weighted by Crippen LogP contribution is -2.13. The Morgan fingerprint density at radius 1 is 0.276 bits per heavy atom. The van der Waals surface area contributed by atoms with Crippen LogP contribution in [0.3, 0.4) is 0 Å². The Kier molecular flexibility index (Phi) is 8.19. The van der Waals surface area contributed by atoms with Gasteiger partial charge in [-0.3, -0.25) is 0 Å². The first-order chi connectivity index (χ1) is 28.8. The van der Waals surface area contributed by atoms with Crippen molar-refractivity contribution in [2.24, 2.45) is 0 Å². The highest BCUT2D eigenvalue weighted by molar-refractivity contribution is 6.16. The van der Waals surface area contributed by atoms with E-state index in [4.69, 9.17) is 4.42 Å². The molecule has 58 heavy (non-hydrogen) atoms. The molecule has 0 N–H and O–H groups in total. The summed E-state index contributed by atoms with van der Waals surface area (Å²) in [5, 5.41) is 7.02. The number of rotatable bonds is 7. The van der Waals surface area contributed by atoms with Gasteiger partial charge in [0, 0.05) is 16.5 Å². The zero-order valence-corrected chi connectivity index (χ0v) is 31.7. The molecule has 0 bridgehead atoms. The molecule has 0 aliphatic carbocycles. The van der Waals surface area contributed by atoms with E-state index in [1.807, 2.05) is 6.07 Å². The van der Waals surface area contributed by atoms with Crippen LogP contribution in [0.4, 0.5) is 17.1 Å². The molecular weight excluding hydrogens is 703 g/mol. The number of hydrogen-bond acceptors (Lipinski definition) is 2. The number of nitrogens with zero attached hydrogens (tertiary/aromatic N) is 1. The second kappa shape index (κ2) is 14.1. The average molecular weight is 740 g/mol. The van der Waals surface area contributed by atoms with Crippen molar-refractivity contribution < 1.29 is 4.42 Å². The lowest BCUT2D eigenvalue weighted by atomic mass is 9.90. The molecule has 0 saturated heterocycles. The molecule has 1 heterocycles. The number of para-hydroxylation sites is 2. The molecule has 272 valence electrons. The molecule has 2 heteroatoms. The Morgan fingerprint density at radius 2 is 0.828 bits per heavy atom. The van der Waals surface area contributed by atoms with Gasteiger partial charge in [0.1, 0.15) is 11.2 Å². The van der Waals surface area contributed by atoms with E-state index < -0.39 is 0 Å². The fraction of sp³-hybridized carbons (Fsp3) is 0. The average Bonchev–Trinajstić information content (AvgIpc) is 3.69. The summed E-state index contributed by atoms with van der Waals surface area (Å²) in [6, 6.07) is 80.8. The van der Waals surface area contributed by atoms with E-state index in [-0.39, 0.29) is 0 Å². The number of fused-ring (bicyclic) bond motifs is 5. The Balaban J connectivity index is 1.26. The first kappa shape index (κ1) is 33.6. The summed E-state index contributed by atoms with van der Waals surface area (Å²) in [5.74, 6) is 0. The zero-order chi connectivity index (χ0) is 38.4. The molecular formula is C56H37NO. The quantitative estimate of drug-likeness (QED) is 0.162. The summed E-state index contributed by atoms with van der Waals surface area (Å²) in [5.41, 5.74) is 14.2. The third-order valence-corrected chi connectivity index (χ3v) is 11.5. The van der Waals surface area contributed by atoms with Crippen molar-refractivity contribution in [1.29, 1.82) is 0 Å². The standard InChI is InChI=1S/C56H37NO/c1-3-17-39(18-4-1)45-36-35-42(44-28-13-22-38-21-7-8-25-43(38)44)37-52(45)57(51-32-16-34-54-56(51)49-27-10-12-33-53(49)58-54)50-31-11-9-26-47(50)48-30-15-24-41-23-14-29-46(55(41)48)40-19-5-2-6-20-40/h1-37H. The van der Waals surface area contributed by atoms with Crippen molar-refractivity contribution in [3.05, 3.63) is 224 Å². The summed E-state index contributed by atoms with van der Waals surface area (Å²) < 4.78 is 6.58. The van der Waals surface area contributed by atoms with Crippen molar-refractivity contribution >= 4 is 60.5 Å². The molecule has 0 saturated carbocycles. The molecule has 0 radical (unpaired) electrons. The number of hydrogen-bond donors (Lipinski definition) is 0. The predicted octanol–water partition coefficient (Wildman–Crippen LogP) is 16.0. The van der Waals surface area contributed by atoms with Crippen LogP contribution >= 0.6 is 0 Å². The summed E-state index contributed by atoms with van der Waals surface area (Å²) in [4.78, 5) is 2.49. The van der Waals surface area contributed by atoms with Crippen LogP contribution in [0.5, 0.6) is 0 Å². The van der Waals surface area contributed by atoms with Gasteiger partial charge in [-0.05, 0) is 85.3 Å². The van der Waals surface area contributed by atoms with Crippen LogP contribution in [-0.2, 0) is 0 Å². The van der Waals surface area contributed by atoms with Crippen LogP contribution in [-0.4, -0.2) is 0 Å². The van der Waals surface area contributed by atoms with Gasteiger partial charge in [0.25, 0.3) is 0 Å². The SMILES string of the molecule is c1ccc(-c2ccc(-c3cccc4ccccc34)cc2N(c2ccccc2-c2cccc3cccc(-c4ccccc4)c23)c2cccc3oc4ccccc4c23)cc1. The van der Waals surface area contributed by atoms with Crippen molar-refractivity contribution in [2.75, 3.05) is 4.90 Å². The minimum atomic E-state index is 0.851. The second-order valence-electron chi connectivity index (χ2n) is 14.8. The fourth-order valence-electron chi connectivity index (χ4n) is 8.87. The molecule has 0 spiro atoms. The van der Waals surface area contributed by atoms with E-state index in [1.54, 1.807) is 0 Å². The highest BCUT2D eigenvalue weighted by Gasteiger charge is 2.26. The lowest BCUT2D eigenvalue weighted by Gasteiger charge is -2.31. The van der Waals surface area contributed by atoms with Crippen molar-refractivity contribution in [3.63, 3.8) is 0 Å². The van der Waals surface area contributed by atoms with Crippen LogP contribution < -0.4 is 4.90 Å². The summed E-state index contributed by atoms with van der Waals surface area (Å²) in [6.45, 7) is 0. The molecule has 2 nitrogen and oxygen atoms in total. The maximum absolute atomic E-state index is 6.58. The van der Waals surface area contributed by atoms with E-state index in [9.17, 15) is 0 Å². The smallest absolute Gasteiger partial charge is 0.137 e. The summed E-state index contributed by atoms with van der Waals surface area (Å²) in [6.07, 6.45) is 0. The fourth-order valence-corrected chi connectivity index (χ4v) is 8.87. The first-order valence-corrected chi connectivity index (χ1v) is 19.8. The minimum Gasteiger partial charge on any atom is -0.456 e. The van der Waals surface area contributed by atoms with E-state index in [0.29, 0.717) is 0 Å². The highest BCUT2D eigenvalue weighted by Crippen LogP contribution is 2.51. The molecule has 0 unspecified atom stereocenters. The van der Waals surface area contributed by atoms with E-state index in [2.05, 4.69) is 223 Å². The molecule has 1 aromatic heterocycles. The van der Waals surface area contributed by atoms with E-state index >= 15 is 0 Å². The van der Waals surface area contributed by atoms with E-state index in [0.717, 1.165) is 61.3 Å². The number of furan rings is 1. The van der Waals surface area contributed by atoms with Gasteiger partial charge in [0.05, 0.1) is 22.4 Å². The minimum absolute atomic E-state index is 0.851. The van der Waals surface area contributed by atoms with Gasteiger partial charge < -0.3 is 9.32 Å². The predicted molar refractivity (Wildman–Crippen MR) is 245 cm³/mol. The Labute approximate surface area is 337 Å². The normalized spacial score (nSPS) is 11.4. The molecule has 0 aliphatic heterocycles. The monoisotopic (exact) mass is 739 g/mol. The maximum Gasteiger partial charge on any atom is 0.137 e. The van der Waals surface area contributed by atoms with Crippen molar-refractivity contribution in [2.45, 2.75) is 0 Å². The van der Waals surface area contributed by atoms with E-state index in [1.165, 1.54) is 43.8 Å². The van der Waals surface area contributed by atoms with Gasteiger partial charge in [-0.15, -0.1) is 0 Å². The van der Waals surface area contributed by atoms with Gasteiger partial charge in [-0.1, -0.05) is 194 Å². The topological polar surface area (TPSA) is 16.4 Å². The van der Waals surface area contributed by atoms with Gasteiger partial charge in [0.15, 0.2) is 0 Å². The molecule has 0 amide bonds. The molecule has 0 fully saturated rings. The number of benzene rings is 10. The first-order valence-electron chi connectivity index (χ1n) is 19.8. The third-order valence-electron chi connectivity index (χ3n) is 11.5. The van der Waals surface area contributed by atoms with Crippen LogP contribution in [0.15, 0.2) is 229 Å². The maximum atomic E-state index is 6.58. The second-order valence-corrected chi connectivity index (χ2v) is 14.8. The van der Waals surface area contributed by atoms with Crippen molar-refractivity contribution in [1.82, 2.24) is 0 Å². The van der Waals surface area contributed by atoms with Crippen LogP contribution in [0.1, 0.15) is 0 Å². The Morgan fingerprint density at radius 3 is 1.64 bits per heavy atom. The molecule has 0 atom stereocenters. The highest BCUT2D eigenvalue weighted by atomic mass is 16.3. The van der Waals surface area contributed by atoms with Gasteiger partial charge in [0.2, 0.25) is 0 Å². The molecule has 11 rings (SSSR count). The summed E-state index contributed by atoms with van der Waals surface area (Å²) >= 11 is 0. The third kappa shape index (κ3) is 5.66. The van der Waals surface area contributed by atoms with Gasteiger partial charge >= 0.3 is 0 Å². The Bertz CT molecular complexity index is 3280. The lowest BCUT2D eigenvalue weighted by molar-refractivity contribution is 0.669. The Hall–Kier alpha value is -7.68. The number of anilines is 3. The van der Waals surface area contributed by atoms with Gasteiger partial charge in [-0.25, -0.2) is 0 Å². The summed E-state index contributed by atoms with van der Waals surface area (Å²) in [7, 11) is 0. The van der Waals surface area contributed by atoms with Crippen LogP contribution in [0, 0.1) is 0 Å². The molecule has 10 aromatic carbocycles.